The van der Waals surface area contributed by atoms with E-state index in [0.29, 0.717) is 11.9 Å². The van der Waals surface area contributed by atoms with E-state index >= 15 is 0 Å². The maximum Gasteiger partial charge on any atom is 0.0293 e. The van der Waals surface area contributed by atoms with Crippen LogP contribution in [0, 0.1) is 5.41 Å². The predicted octanol–water partition coefficient (Wildman–Crippen LogP) is 0.552. The van der Waals surface area contributed by atoms with E-state index < -0.39 is 0 Å². The first kappa shape index (κ1) is 8.31. The molecule has 3 heteroatoms. The van der Waals surface area contributed by atoms with Gasteiger partial charge < -0.3 is 11.1 Å². The summed E-state index contributed by atoms with van der Waals surface area (Å²) in [5, 5.41) is 3.21. The van der Waals surface area contributed by atoms with E-state index in [-0.39, 0.29) is 5.41 Å². The molecule has 0 atom stereocenters. The standard InChI is InChI=1S/C7H15ClN2/c1-10-6-2-7(3-6,4-8)5-9/h6,10H,2-5,9H2,1H3. The van der Waals surface area contributed by atoms with Crippen LogP contribution in [0.25, 0.3) is 0 Å². The third kappa shape index (κ3) is 1.29. The fourth-order valence-electron chi connectivity index (χ4n) is 1.52. The number of nitrogens with one attached hydrogen (secondary N) is 1. The molecule has 0 aromatic rings. The lowest BCUT2D eigenvalue weighted by atomic mass is 9.67. The maximum absolute atomic E-state index is 5.77. The van der Waals surface area contributed by atoms with E-state index in [1.165, 1.54) is 0 Å². The predicted molar refractivity (Wildman–Crippen MR) is 44.3 cm³/mol. The highest BCUT2D eigenvalue weighted by Crippen LogP contribution is 2.40. The van der Waals surface area contributed by atoms with Gasteiger partial charge in [0.1, 0.15) is 0 Å². The number of hydrogen-bond donors (Lipinski definition) is 2. The van der Waals surface area contributed by atoms with Gasteiger partial charge in [-0.3, -0.25) is 0 Å². The molecule has 0 unspecified atom stereocenters. The Kier molecular flexibility index (Phi) is 2.55. The van der Waals surface area contributed by atoms with Crippen molar-refractivity contribution in [2.45, 2.75) is 18.9 Å². The van der Waals surface area contributed by atoms with Crippen LogP contribution in [0.15, 0.2) is 0 Å². The summed E-state index contributed by atoms with van der Waals surface area (Å²) in [5.41, 5.74) is 5.84. The molecule has 1 saturated carbocycles. The van der Waals surface area contributed by atoms with Gasteiger partial charge in [0, 0.05) is 11.9 Å². The second-order valence-electron chi connectivity index (χ2n) is 3.23. The summed E-state index contributed by atoms with van der Waals surface area (Å²) in [4.78, 5) is 0. The number of halogens is 1. The summed E-state index contributed by atoms with van der Waals surface area (Å²) in [6.45, 7) is 0.731. The van der Waals surface area contributed by atoms with E-state index in [2.05, 4.69) is 5.32 Å². The molecular weight excluding hydrogens is 148 g/mol. The summed E-state index contributed by atoms with van der Waals surface area (Å²) in [6.07, 6.45) is 2.28. The Hall–Kier alpha value is 0.210. The first-order chi connectivity index (χ1) is 4.76. The minimum atomic E-state index is 0.259. The Bertz CT molecular complexity index is 104. The Morgan fingerprint density at radius 1 is 1.70 bits per heavy atom. The Labute approximate surface area is 67.1 Å². The van der Waals surface area contributed by atoms with Gasteiger partial charge in [0.25, 0.3) is 0 Å². The Morgan fingerprint density at radius 2 is 2.30 bits per heavy atom. The fourth-order valence-corrected chi connectivity index (χ4v) is 1.85. The van der Waals surface area contributed by atoms with Crippen molar-refractivity contribution in [2.24, 2.45) is 11.1 Å². The van der Waals surface area contributed by atoms with Gasteiger partial charge in [0.15, 0.2) is 0 Å². The van der Waals surface area contributed by atoms with Crippen molar-refractivity contribution >= 4 is 11.6 Å². The molecule has 0 aromatic carbocycles. The van der Waals surface area contributed by atoms with Gasteiger partial charge in [-0.15, -0.1) is 11.6 Å². The fraction of sp³-hybridized carbons (Fsp3) is 1.00. The van der Waals surface area contributed by atoms with Crippen molar-refractivity contribution in [1.29, 1.82) is 0 Å². The van der Waals surface area contributed by atoms with Gasteiger partial charge in [0.05, 0.1) is 0 Å². The zero-order valence-electron chi connectivity index (χ0n) is 6.36. The molecule has 2 nitrogen and oxygen atoms in total. The summed E-state index contributed by atoms with van der Waals surface area (Å²) in [6, 6.07) is 0.655. The molecule has 1 rings (SSSR count). The summed E-state index contributed by atoms with van der Waals surface area (Å²) in [7, 11) is 1.99. The minimum Gasteiger partial charge on any atom is -0.330 e. The van der Waals surface area contributed by atoms with Gasteiger partial charge in [-0.1, -0.05) is 0 Å². The highest BCUT2D eigenvalue weighted by Gasteiger charge is 2.41. The van der Waals surface area contributed by atoms with Crippen molar-refractivity contribution in [1.82, 2.24) is 5.32 Å². The van der Waals surface area contributed by atoms with E-state index in [1.807, 2.05) is 7.05 Å². The lowest BCUT2D eigenvalue weighted by Crippen LogP contribution is -2.52. The molecule has 0 bridgehead atoms. The second-order valence-corrected chi connectivity index (χ2v) is 3.50. The second kappa shape index (κ2) is 3.07. The Balaban J connectivity index is 2.31. The molecule has 0 spiro atoms. The van der Waals surface area contributed by atoms with Crippen LogP contribution in [-0.2, 0) is 0 Å². The van der Waals surface area contributed by atoms with Gasteiger partial charge >= 0.3 is 0 Å². The molecular formula is C7H15ClN2. The van der Waals surface area contributed by atoms with Crippen LogP contribution in [0.4, 0.5) is 0 Å². The van der Waals surface area contributed by atoms with E-state index in [4.69, 9.17) is 17.3 Å². The lowest BCUT2D eigenvalue weighted by molar-refractivity contribution is 0.123. The third-order valence-corrected chi connectivity index (χ3v) is 3.05. The first-order valence-corrected chi connectivity index (χ1v) is 4.23. The van der Waals surface area contributed by atoms with Crippen molar-refractivity contribution in [3.63, 3.8) is 0 Å². The van der Waals surface area contributed by atoms with E-state index in [9.17, 15) is 0 Å². The molecule has 3 N–H and O–H groups in total. The van der Waals surface area contributed by atoms with Crippen molar-refractivity contribution in [3.05, 3.63) is 0 Å². The molecule has 0 radical (unpaired) electrons. The topological polar surface area (TPSA) is 38.0 Å². The molecule has 1 aliphatic carbocycles. The number of rotatable bonds is 3. The molecule has 1 aliphatic rings. The summed E-state index contributed by atoms with van der Waals surface area (Å²) >= 11 is 5.77. The van der Waals surface area contributed by atoms with Crippen LogP contribution in [0.3, 0.4) is 0 Å². The SMILES string of the molecule is CNC1CC(CN)(CCl)C1. The van der Waals surface area contributed by atoms with Crippen molar-refractivity contribution < 1.29 is 0 Å². The molecule has 1 fully saturated rings. The Morgan fingerprint density at radius 3 is 2.60 bits per heavy atom. The molecule has 0 saturated heterocycles. The van der Waals surface area contributed by atoms with Crippen LogP contribution in [0.1, 0.15) is 12.8 Å². The van der Waals surface area contributed by atoms with Crippen LogP contribution >= 0.6 is 11.6 Å². The third-order valence-electron chi connectivity index (χ3n) is 2.48. The monoisotopic (exact) mass is 162 g/mol. The number of alkyl halides is 1. The van der Waals surface area contributed by atoms with Crippen LogP contribution in [0.5, 0.6) is 0 Å². The van der Waals surface area contributed by atoms with Crippen molar-refractivity contribution in [3.8, 4) is 0 Å². The molecule has 60 valence electrons. The zero-order chi connectivity index (χ0) is 7.61. The molecule has 0 amide bonds. The largest absolute Gasteiger partial charge is 0.330 e. The van der Waals surface area contributed by atoms with Gasteiger partial charge in [0.2, 0.25) is 0 Å². The number of hydrogen-bond acceptors (Lipinski definition) is 2. The molecule has 0 heterocycles. The first-order valence-electron chi connectivity index (χ1n) is 3.69. The summed E-state index contributed by atoms with van der Waals surface area (Å²) < 4.78 is 0. The smallest absolute Gasteiger partial charge is 0.0293 e. The van der Waals surface area contributed by atoms with E-state index in [0.717, 1.165) is 19.4 Å². The molecule has 0 aliphatic heterocycles. The molecule has 0 aromatic heterocycles. The van der Waals surface area contributed by atoms with Crippen LogP contribution in [0.2, 0.25) is 0 Å². The number of nitrogens with two attached hydrogens (primary N) is 1. The van der Waals surface area contributed by atoms with Crippen LogP contribution in [-0.4, -0.2) is 25.5 Å². The average molecular weight is 163 g/mol. The van der Waals surface area contributed by atoms with Gasteiger partial charge in [-0.2, -0.15) is 0 Å². The summed E-state index contributed by atoms with van der Waals surface area (Å²) in [5.74, 6) is 0.710. The van der Waals surface area contributed by atoms with Crippen LogP contribution < -0.4 is 11.1 Å². The normalized spacial score (nSPS) is 39.3. The van der Waals surface area contributed by atoms with Crippen molar-refractivity contribution in [2.75, 3.05) is 19.5 Å². The van der Waals surface area contributed by atoms with Gasteiger partial charge in [-0.05, 0) is 31.8 Å². The maximum atomic E-state index is 5.77. The van der Waals surface area contributed by atoms with E-state index in [1.54, 1.807) is 0 Å². The highest BCUT2D eigenvalue weighted by molar-refractivity contribution is 6.18. The quantitative estimate of drug-likeness (QED) is 0.595. The molecule has 10 heavy (non-hydrogen) atoms. The average Bonchev–Trinajstić information content (AvgIpc) is 1.89. The zero-order valence-corrected chi connectivity index (χ0v) is 7.12. The highest BCUT2D eigenvalue weighted by atomic mass is 35.5. The van der Waals surface area contributed by atoms with Gasteiger partial charge in [-0.25, -0.2) is 0 Å². The minimum absolute atomic E-state index is 0.259. The lowest BCUT2D eigenvalue weighted by Gasteiger charge is -2.45.